The van der Waals surface area contributed by atoms with Crippen LogP contribution in [-0.4, -0.2) is 57.3 Å². The maximum Gasteiger partial charge on any atom is 0.249 e. The van der Waals surface area contributed by atoms with Crippen molar-refractivity contribution in [2.24, 2.45) is 0 Å². The maximum atomic E-state index is 12.3. The van der Waals surface area contributed by atoms with E-state index in [1.54, 1.807) is 0 Å². The molecule has 0 saturated carbocycles. The lowest BCUT2D eigenvalue weighted by atomic mass is 10.00. The summed E-state index contributed by atoms with van der Waals surface area (Å²) in [5, 5.41) is 42.8. The number of carbonyl (C=O) groups excluding carboxylic acids is 1. The predicted molar refractivity (Wildman–Crippen MR) is 141 cm³/mol. The van der Waals surface area contributed by atoms with Gasteiger partial charge in [-0.3, -0.25) is 4.79 Å². The maximum absolute atomic E-state index is 12.3. The highest BCUT2D eigenvalue weighted by molar-refractivity contribution is 5.80. The molecule has 202 valence electrons. The Morgan fingerprint density at radius 1 is 0.706 bits per heavy atom. The highest BCUT2D eigenvalue weighted by Gasteiger charge is 2.28. The van der Waals surface area contributed by atoms with E-state index in [1.165, 1.54) is 57.8 Å². The summed E-state index contributed by atoms with van der Waals surface area (Å²) in [6, 6.07) is -0.991. The molecular weight excluding hydrogens is 430 g/mol. The third-order valence-corrected chi connectivity index (χ3v) is 6.48. The van der Waals surface area contributed by atoms with Crippen LogP contribution < -0.4 is 5.32 Å². The van der Waals surface area contributed by atoms with Gasteiger partial charge in [-0.05, 0) is 32.1 Å². The Morgan fingerprint density at radius 3 is 1.74 bits per heavy atom. The zero-order valence-corrected chi connectivity index (χ0v) is 22.1. The number of amides is 1. The van der Waals surface area contributed by atoms with E-state index < -0.39 is 36.9 Å². The van der Waals surface area contributed by atoms with Crippen LogP contribution in [0.1, 0.15) is 129 Å². The minimum absolute atomic E-state index is 0.365. The van der Waals surface area contributed by atoms with Crippen LogP contribution in [0.25, 0.3) is 0 Å². The number of carbonyl (C=O) groups is 1. The molecule has 0 aromatic heterocycles. The van der Waals surface area contributed by atoms with Gasteiger partial charge >= 0.3 is 0 Å². The Morgan fingerprint density at radius 2 is 1.21 bits per heavy atom. The zero-order chi connectivity index (χ0) is 25.4. The molecular formula is C28H55NO5. The van der Waals surface area contributed by atoms with Gasteiger partial charge in [-0.1, -0.05) is 109 Å². The van der Waals surface area contributed by atoms with Gasteiger partial charge in [0.1, 0.15) is 12.2 Å². The fourth-order valence-electron chi connectivity index (χ4n) is 4.09. The van der Waals surface area contributed by atoms with E-state index in [0.717, 1.165) is 38.5 Å². The third-order valence-electron chi connectivity index (χ3n) is 6.48. The molecule has 5 N–H and O–H groups in total. The van der Waals surface area contributed by atoms with Crippen molar-refractivity contribution < 1.29 is 25.2 Å². The number of hydrogen-bond acceptors (Lipinski definition) is 5. The average Bonchev–Trinajstić information content (AvgIpc) is 2.84. The standard InChI is InChI=1S/C28H55NO5/c1-3-5-7-9-11-12-13-14-16-18-20-22-26(32)28(34)29-24(23-30)27(33)25(31)21-19-17-15-10-8-6-4-2/h10,15,24-27,30-33H,3-9,11-14,16-23H2,1-2H3,(H,29,34)/b15-10+. The second-order valence-electron chi connectivity index (χ2n) is 9.74. The molecule has 34 heavy (non-hydrogen) atoms. The Balaban J connectivity index is 3.97. The number of aliphatic hydroxyl groups is 4. The van der Waals surface area contributed by atoms with Gasteiger partial charge in [0.25, 0.3) is 0 Å². The van der Waals surface area contributed by atoms with E-state index in [2.05, 4.69) is 31.3 Å². The quantitative estimate of drug-likeness (QED) is 0.0957. The van der Waals surface area contributed by atoms with Gasteiger partial charge in [-0.25, -0.2) is 0 Å². The van der Waals surface area contributed by atoms with Crippen molar-refractivity contribution in [2.45, 2.75) is 154 Å². The van der Waals surface area contributed by atoms with E-state index in [4.69, 9.17) is 0 Å². The third kappa shape index (κ3) is 18.4. The fourth-order valence-corrected chi connectivity index (χ4v) is 4.09. The molecule has 4 unspecified atom stereocenters. The van der Waals surface area contributed by atoms with E-state index in [9.17, 15) is 25.2 Å². The van der Waals surface area contributed by atoms with Crippen LogP contribution >= 0.6 is 0 Å². The highest BCUT2D eigenvalue weighted by atomic mass is 16.3. The van der Waals surface area contributed by atoms with Gasteiger partial charge in [-0.15, -0.1) is 0 Å². The number of allylic oxidation sites excluding steroid dienone is 2. The van der Waals surface area contributed by atoms with E-state index in [-0.39, 0.29) is 0 Å². The molecule has 0 aliphatic carbocycles. The van der Waals surface area contributed by atoms with Crippen LogP contribution in [0.2, 0.25) is 0 Å². The number of aliphatic hydroxyl groups excluding tert-OH is 4. The molecule has 0 rings (SSSR count). The molecule has 6 nitrogen and oxygen atoms in total. The second-order valence-corrected chi connectivity index (χ2v) is 9.74. The molecule has 0 aromatic rings. The van der Waals surface area contributed by atoms with Gasteiger partial charge in [0.15, 0.2) is 0 Å². The normalized spacial score (nSPS) is 15.4. The molecule has 0 bridgehead atoms. The molecule has 0 aliphatic rings. The van der Waals surface area contributed by atoms with Gasteiger partial charge in [0.2, 0.25) is 5.91 Å². The van der Waals surface area contributed by atoms with Crippen molar-refractivity contribution in [3.05, 3.63) is 12.2 Å². The largest absolute Gasteiger partial charge is 0.394 e. The van der Waals surface area contributed by atoms with Crippen LogP contribution in [0.5, 0.6) is 0 Å². The lowest BCUT2D eigenvalue weighted by molar-refractivity contribution is -0.132. The van der Waals surface area contributed by atoms with Crippen molar-refractivity contribution in [1.82, 2.24) is 5.32 Å². The topological polar surface area (TPSA) is 110 Å². The molecule has 1 amide bonds. The molecule has 6 heteroatoms. The molecule has 0 radical (unpaired) electrons. The fraction of sp³-hybridized carbons (Fsp3) is 0.893. The van der Waals surface area contributed by atoms with Gasteiger partial charge in [-0.2, -0.15) is 0 Å². The first-order chi connectivity index (χ1) is 16.5. The van der Waals surface area contributed by atoms with Crippen LogP contribution in [0.3, 0.4) is 0 Å². The van der Waals surface area contributed by atoms with Crippen molar-refractivity contribution in [3.63, 3.8) is 0 Å². The summed E-state index contributed by atoms with van der Waals surface area (Å²) >= 11 is 0. The first-order valence-corrected chi connectivity index (χ1v) is 14.1. The monoisotopic (exact) mass is 485 g/mol. The Kier molecular flexibility index (Phi) is 23.1. The number of hydrogen-bond donors (Lipinski definition) is 5. The van der Waals surface area contributed by atoms with Crippen LogP contribution in [-0.2, 0) is 4.79 Å². The minimum Gasteiger partial charge on any atom is -0.394 e. The summed E-state index contributed by atoms with van der Waals surface area (Å²) in [5.41, 5.74) is 0. The minimum atomic E-state index is -1.27. The zero-order valence-electron chi connectivity index (χ0n) is 22.1. The second kappa shape index (κ2) is 23.8. The Hall–Kier alpha value is -0.950. The van der Waals surface area contributed by atoms with E-state index in [1.807, 2.05) is 0 Å². The van der Waals surface area contributed by atoms with Gasteiger partial charge in [0, 0.05) is 0 Å². The van der Waals surface area contributed by atoms with E-state index in [0.29, 0.717) is 19.3 Å². The molecule has 0 saturated heterocycles. The molecule has 0 spiro atoms. The highest BCUT2D eigenvalue weighted by Crippen LogP contribution is 2.13. The van der Waals surface area contributed by atoms with E-state index >= 15 is 0 Å². The summed E-state index contributed by atoms with van der Waals surface area (Å²) in [6.45, 7) is 3.89. The average molecular weight is 486 g/mol. The lowest BCUT2D eigenvalue weighted by Crippen LogP contribution is -2.53. The van der Waals surface area contributed by atoms with Crippen LogP contribution in [0.4, 0.5) is 0 Å². The number of nitrogens with one attached hydrogen (secondary N) is 1. The summed E-state index contributed by atoms with van der Waals surface area (Å²) < 4.78 is 0. The molecule has 0 aromatic carbocycles. The summed E-state index contributed by atoms with van der Waals surface area (Å²) in [6.07, 6.45) is 19.7. The SMILES string of the molecule is CCCC/C=C/CCCC(O)C(O)C(CO)NC(=O)C(O)CCCCCCCCCCCCC. The molecule has 4 atom stereocenters. The molecule has 0 aliphatic heterocycles. The van der Waals surface area contributed by atoms with Crippen molar-refractivity contribution in [2.75, 3.05) is 6.61 Å². The smallest absolute Gasteiger partial charge is 0.249 e. The van der Waals surface area contributed by atoms with Crippen molar-refractivity contribution in [1.29, 1.82) is 0 Å². The van der Waals surface area contributed by atoms with Crippen LogP contribution in [0, 0.1) is 0 Å². The van der Waals surface area contributed by atoms with Crippen molar-refractivity contribution >= 4 is 5.91 Å². The Bertz CT molecular complexity index is 485. The first-order valence-electron chi connectivity index (χ1n) is 14.1. The van der Waals surface area contributed by atoms with Crippen LogP contribution in [0.15, 0.2) is 12.2 Å². The lowest BCUT2D eigenvalue weighted by Gasteiger charge is -2.27. The van der Waals surface area contributed by atoms with Crippen molar-refractivity contribution in [3.8, 4) is 0 Å². The molecule has 0 heterocycles. The predicted octanol–water partition coefficient (Wildman–Crippen LogP) is 5.16. The Labute approximate surface area is 209 Å². The number of unbranched alkanes of at least 4 members (excludes halogenated alkanes) is 13. The summed E-state index contributed by atoms with van der Waals surface area (Å²) in [5.74, 6) is -0.601. The summed E-state index contributed by atoms with van der Waals surface area (Å²) in [4.78, 5) is 12.3. The summed E-state index contributed by atoms with van der Waals surface area (Å²) in [7, 11) is 0. The first kappa shape index (κ1) is 33.0. The molecule has 0 fully saturated rings. The van der Waals surface area contributed by atoms with Gasteiger partial charge < -0.3 is 25.7 Å². The number of rotatable bonds is 24. The van der Waals surface area contributed by atoms with Gasteiger partial charge in [0.05, 0.1) is 18.8 Å².